The van der Waals surface area contributed by atoms with Crippen LogP contribution in [0.4, 0.5) is 18.9 Å². The van der Waals surface area contributed by atoms with E-state index in [1.165, 1.54) is 19.2 Å². The molecule has 1 rings (SSSR count). The van der Waals surface area contributed by atoms with Crippen LogP contribution in [0.5, 0.6) is 5.75 Å². The highest BCUT2D eigenvalue weighted by Crippen LogP contribution is 2.37. The third-order valence-corrected chi connectivity index (χ3v) is 2.76. The summed E-state index contributed by atoms with van der Waals surface area (Å²) >= 11 is 0. The van der Waals surface area contributed by atoms with Crippen molar-refractivity contribution in [2.75, 3.05) is 19.1 Å². The molecule has 0 saturated carbocycles. The van der Waals surface area contributed by atoms with E-state index in [9.17, 15) is 13.2 Å². The van der Waals surface area contributed by atoms with Gasteiger partial charge in [-0.2, -0.15) is 13.2 Å². The van der Waals surface area contributed by atoms with E-state index in [0.29, 0.717) is 19.4 Å². The molecule has 20 heavy (non-hydrogen) atoms. The molecule has 1 aromatic carbocycles. The van der Waals surface area contributed by atoms with Crippen LogP contribution in [0.25, 0.3) is 0 Å². The minimum Gasteiger partial charge on any atom is -0.490 e. The maximum atomic E-state index is 12.9. The molecule has 0 saturated heterocycles. The molecule has 0 spiro atoms. The maximum Gasteiger partial charge on any atom is 0.418 e. The van der Waals surface area contributed by atoms with Crippen LogP contribution in [-0.2, 0) is 11.0 Å². The molecule has 0 radical (unpaired) electrons. The van der Waals surface area contributed by atoms with Gasteiger partial charge < -0.3 is 10.5 Å². The van der Waals surface area contributed by atoms with Crippen LogP contribution in [-0.4, -0.2) is 19.8 Å². The normalized spacial score (nSPS) is 13.1. The van der Waals surface area contributed by atoms with E-state index in [0.717, 1.165) is 6.07 Å². The van der Waals surface area contributed by atoms with Gasteiger partial charge in [0.15, 0.2) is 0 Å². The van der Waals surface area contributed by atoms with E-state index in [4.69, 9.17) is 10.5 Å². The van der Waals surface area contributed by atoms with Crippen molar-refractivity contribution in [2.24, 2.45) is 5.73 Å². The Kier molecular flexibility index (Phi) is 6.09. The van der Waals surface area contributed by atoms with Gasteiger partial charge in [0, 0.05) is 0 Å². The zero-order valence-electron chi connectivity index (χ0n) is 11.5. The van der Waals surface area contributed by atoms with E-state index in [1.54, 1.807) is 0 Å². The van der Waals surface area contributed by atoms with E-state index in [2.05, 4.69) is 10.3 Å². The standard InChI is InChI=1S/C13H19F3N2O2/c1-3-9(6-7-17)20-10-4-5-12(18-19-2)11(8-10)13(14,15)16/h4-5,8-9,18H,3,6-7,17H2,1-2H3. The predicted octanol–water partition coefficient (Wildman–Crippen LogP) is 3.18. The number of anilines is 1. The van der Waals surface area contributed by atoms with Crippen LogP contribution in [0.1, 0.15) is 25.3 Å². The van der Waals surface area contributed by atoms with Crippen LogP contribution < -0.4 is 16.0 Å². The smallest absolute Gasteiger partial charge is 0.418 e. The zero-order valence-corrected chi connectivity index (χ0v) is 11.5. The summed E-state index contributed by atoms with van der Waals surface area (Å²) in [5, 5.41) is 0. The highest BCUT2D eigenvalue weighted by atomic mass is 19.4. The average molecular weight is 292 g/mol. The molecule has 0 bridgehead atoms. The Balaban J connectivity index is 3.00. The van der Waals surface area contributed by atoms with Gasteiger partial charge in [-0.15, -0.1) is 0 Å². The van der Waals surface area contributed by atoms with Gasteiger partial charge in [-0.1, -0.05) is 6.92 Å². The lowest BCUT2D eigenvalue weighted by Crippen LogP contribution is -2.20. The van der Waals surface area contributed by atoms with E-state index in [1.807, 2.05) is 6.92 Å². The molecule has 1 unspecified atom stereocenters. The number of ether oxygens (including phenoxy) is 1. The third kappa shape index (κ3) is 4.57. The molecule has 0 heterocycles. The molecule has 7 heteroatoms. The number of benzene rings is 1. The first-order valence-electron chi connectivity index (χ1n) is 6.29. The molecule has 0 aliphatic heterocycles. The first-order chi connectivity index (χ1) is 9.42. The van der Waals surface area contributed by atoms with E-state index in [-0.39, 0.29) is 17.5 Å². The summed E-state index contributed by atoms with van der Waals surface area (Å²) < 4.78 is 44.4. The molecule has 3 N–H and O–H groups in total. The van der Waals surface area contributed by atoms with Gasteiger partial charge in [-0.05, 0) is 37.6 Å². The van der Waals surface area contributed by atoms with Crippen LogP contribution in [0.15, 0.2) is 18.2 Å². The van der Waals surface area contributed by atoms with E-state index < -0.39 is 11.7 Å². The Labute approximate surface area is 116 Å². The van der Waals surface area contributed by atoms with Crippen molar-refractivity contribution < 1.29 is 22.7 Å². The van der Waals surface area contributed by atoms with Gasteiger partial charge in [0.05, 0.1) is 24.5 Å². The Hall–Kier alpha value is -1.47. The molecule has 0 amide bonds. The quantitative estimate of drug-likeness (QED) is 0.758. The molecule has 1 atom stereocenters. The summed E-state index contributed by atoms with van der Waals surface area (Å²) in [6.45, 7) is 2.32. The molecule has 0 fully saturated rings. The first-order valence-corrected chi connectivity index (χ1v) is 6.29. The summed E-state index contributed by atoms with van der Waals surface area (Å²) in [7, 11) is 1.25. The molecular formula is C13H19F3N2O2. The first kappa shape index (κ1) is 16.6. The molecule has 0 aliphatic rings. The fraction of sp³-hybridized carbons (Fsp3) is 0.538. The van der Waals surface area contributed by atoms with Gasteiger partial charge in [0.2, 0.25) is 0 Å². The molecule has 1 aromatic rings. The van der Waals surface area contributed by atoms with Crippen molar-refractivity contribution in [3.05, 3.63) is 23.8 Å². The second kappa shape index (κ2) is 7.35. The summed E-state index contributed by atoms with van der Waals surface area (Å²) in [5.74, 6) is 0.166. The number of hydrogen-bond acceptors (Lipinski definition) is 4. The van der Waals surface area contributed by atoms with Crippen LogP contribution in [0.2, 0.25) is 0 Å². The summed E-state index contributed by atoms with van der Waals surface area (Å²) in [6, 6.07) is 3.70. The minimum absolute atomic E-state index is 0.153. The lowest BCUT2D eigenvalue weighted by atomic mass is 10.1. The highest BCUT2D eigenvalue weighted by Gasteiger charge is 2.34. The second-order valence-electron chi connectivity index (χ2n) is 4.24. The van der Waals surface area contributed by atoms with Crippen molar-refractivity contribution in [3.8, 4) is 5.75 Å². The lowest BCUT2D eigenvalue weighted by molar-refractivity contribution is -0.137. The van der Waals surface area contributed by atoms with Gasteiger partial charge >= 0.3 is 6.18 Å². The Morgan fingerprint density at radius 3 is 2.55 bits per heavy atom. The van der Waals surface area contributed by atoms with Crippen LogP contribution in [0.3, 0.4) is 0 Å². The van der Waals surface area contributed by atoms with Gasteiger partial charge in [-0.25, -0.2) is 0 Å². The highest BCUT2D eigenvalue weighted by molar-refractivity contribution is 5.54. The lowest BCUT2D eigenvalue weighted by Gasteiger charge is -2.19. The van der Waals surface area contributed by atoms with Crippen molar-refractivity contribution in [3.63, 3.8) is 0 Å². The van der Waals surface area contributed by atoms with Crippen molar-refractivity contribution in [1.82, 2.24) is 0 Å². The van der Waals surface area contributed by atoms with Crippen molar-refractivity contribution in [1.29, 1.82) is 0 Å². The molecule has 0 aromatic heterocycles. The topological polar surface area (TPSA) is 56.5 Å². The van der Waals surface area contributed by atoms with Crippen LogP contribution in [0, 0.1) is 0 Å². The van der Waals surface area contributed by atoms with Crippen LogP contribution >= 0.6 is 0 Å². The van der Waals surface area contributed by atoms with Gasteiger partial charge in [-0.3, -0.25) is 10.3 Å². The van der Waals surface area contributed by atoms with Gasteiger partial charge in [0.1, 0.15) is 5.75 Å². The number of hydrogen-bond donors (Lipinski definition) is 2. The number of halogens is 3. The second-order valence-corrected chi connectivity index (χ2v) is 4.24. The van der Waals surface area contributed by atoms with Gasteiger partial charge in [0.25, 0.3) is 0 Å². The molecule has 114 valence electrons. The Bertz CT molecular complexity index is 425. The molecular weight excluding hydrogens is 273 g/mol. The largest absolute Gasteiger partial charge is 0.490 e. The van der Waals surface area contributed by atoms with E-state index >= 15 is 0 Å². The molecule has 4 nitrogen and oxygen atoms in total. The monoisotopic (exact) mass is 292 g/mol. The third-order valence-electron chi connectivity index (χ3n) is 2.76. The summed E-state index contributed by atoms with van der Waals surface area (Å²) in [5.41, 5.74) is 6.65. The van der Waals surface area contributed by atoms with Crippen molar-refractivity contribution >= 4 is 5.69 Å². The number of alkyl halides is 3. The minimum atomic E-state index is -4.49. The number of nitrogens with two attached hydrogens (primary N) is 1. The summed E-state index contributed by atoms with van der Waals surface area (Å²) in [6.07, 6.45) is -3.41. The average Bonchev–Trinajstić information content (AvgIpc) is 2.39. The SMILES string of the molecule is CCC(CCN)Oc1ccc(NOC)c(C(F)(F)F)c1. The Morgan fingerprint density at radius 1 is 1.35 bits per heavy atom. The van der Waals surface area contributed by atoms with Crippen molar-refractivity contribution in [2.45, 2.75) is 32.0 Å². The maximum absolute atomic E-state index is 12.9. The fourth-order valence-electron chi connectivity index (χ4n) is 1.75. The fourth-order valence-corrected chi connectivity index (χ4v) is 1.75. The zero-order chi connectivity index (χ0) is 15.2. The molecule has 0 aliphatic carbocycles. The number of nitrogens with one attached hydrogen (secondary N) is 1. The Morgan fingerprint density at radius 2 is 2.05 bits per heavy atom. The number of rotatable bonds is 7. The summed E-state index contributed by atoms with van der Waals surface area (Å²) in [4.78, 5) is 4.54. The predicted molar refractivity (Wildman–Crippen MR) is 70.5 cm³/mol.